The van der Waals surface area contributed by atoms with E-state index in [1.807, 2.05) is 19.4 Å². The lowest BCUT2D eigenvalue weighted by molar-refractivity contribution is 0.0710. The second-order valence-corrected chi connectivity index (χ2v) is 10.0. The first-order valence-corrected chi connectivity index (χ1v) is 13.1. The minimum Gasteiger partial charge on any atom is -0.384 e. The average Bonchev–Trinajstić information content (AvgIpc) is 2.97. The Labute approximate surface area is 215 Å². The van der Waals surface area contributed by atoms with Gasteiger partial charge in [0.15, 0.2) is 0 Å². The van der Waals surface area contributed by atoms with Crippen LogP contribution in [0.15, 0.2) is 115 Å². The van der Waals surface area contributed by atoms with Crippen molar-refractivity contribution in [2.24, 2.45) is 0 Å². The maximum absolute atomic E-state index is 5.74. The van der Waals surface area contributed by atoms with E-state index in [1.165, 1.54) is 16.7 Å². The molecular formula is C33H36N2O. The Kier molecular flexibility index (Phi) is 7.60. The Morgan fingerprint density at radius 1 is 0.750 bits per heavy atom. The van der Waals surface area contributed by atoms with E-state index in [4.69, 9.17) is 9.72 Å². The molecule has 0 bridgehead atoms. The Balaban J connectivity index is 1.43. The highest BCUT2D eigenvalue weighted by molar-refractivity contribution is 5.48. The summed E-state index contributed by atoms with van der Waals surface area (Å²) in [5.74, 6) is 0. The normalized spacial score (nSPS) is 16.0. The molecule has 0 aliphatic carbocycles. The molecule has 3 heteroatoms. The summed E-state index contributed by atoms with van der Waals surface area (Å²) in [7, 11) is 1.83. The van der Waals surface area contributed by atoms with Crippen molar-refractivity contribution in [1.82, 2.24) is 9.88 Å². The zero-order chi connectivity index (χ0) is 24.7. The molecule has 36 heavy (non-hydrogen) atoms. The predicted molar refractivity (Wildman–Crippen MR) is 147 cm³/mol. The van der Waals surface area contributed by atoms with Gasteiger partial charge in [0.2, 0.25) is 0 Å². The number of benzene rings is 3. The molecule has 1 saturated heterocycles. The van der Waals surface area contributed by atoms with Crippen molar-refractivity contribution < 1.29 is 4.74 Å². The van der Waals surface area contributed by atoms with E-state index in [9.17, 15) is 0 Å². The lowest BCUT2D eigenvalue weighted by Gasteiger charge is -2.43. The van der Waals surface area contributed by atoms with E-state index >= 15 is 0 Å². The van der Waals surface area contributed by atoms with E-state index in [-0.39, 0.29) is 10.8 Å². The van der Waals surface area contributed by atoms with Crippen LogP contribution in [0, 0.1) is 0 Å². The van der Waals surface area contributed by atoms with Gasteiger partial charge in [0, 0.05) is 18.7 Å². The fourth-order valence-electron chi connectivity index (χ4n) is 6.05. The molecule has 0 atom stereocenters. The van der Waals surface area contributed by atoms with Crippen molar-refractivity contribution in [2.45, 2.75) is 30.1 Å². The summed E-state index contributed by atoms with van der Waals surface area (Å²) < 4.78 is 5.74. The number of hydrogen-bond acceptors (Lipinski definition) is 3. The number of pyridine rings is 1. The first kappa shape index (κ1) is 24.4. The third-order valence-corrected chi connectivity index (χ3v) is 8.06. The standard InChI is InChI=1S/C33H36N2O/c1-36-27-32(28-13-5-2-6-14-28)20-24-35(25-21-32)26-22-33(29-15-7-3-8-16-29,30-17-9-4-10-18-30)31-19-11-12-23-34-31/h2-19,23H,20-22,24-27H2,1H3. The molecule has 1 aromatic heterocycles. The van der Waals surface area contributed by atoms with E-state index in [1.54, 1.807) is 0 Å². The van der Waals surface area contributed by atoms with Gasteiger partial charge in [0.25, 0.3) is 0 Å². The summed E-state index contributed by atoms with van der Waals surface area (Å²) in [5, 5.41) is 0. The molecular weight excluding hydrogens is 440 g/mol. The van der Waals surface area contributed by atoms with Gasteiger partial charge in [-0.2, -0.15) is 0 Å². The molecule has 0 spiro atoms. The van der Waals surface area contributed by atoms with Crippen LogP contribution < -0.4 is 0 Å². The van der Waals surface area contributed by atoms with Crippen LogP contribution in [-0.4, -0.2) is 43.2 Å². The quantitative estimate of drug-likeness (QED) is 0.276. The van der Waals surface area contributed by atoms with E-state index in [0.717, 1.165) is 51.2 Å². The third-order valence-electron chi connectivity index (χ3n) is 8.06. The smallest absolute Gasteiger partial charge is 0.0635 e. The highest BCUT2D eigenvalue weighted by Gasteiger charge is 2.40. The van der Waals surface area contributed by atoms with Gasteiger partial charge in [-0.25, -0.2) is 0 Å². The minimum atomic E-state index is -0.301. The van der Waals surface area contributed by atoms with Crippen LogP contribution >= 0.6 is 0 Å². The topological polar surface area (TPSA) is 25.4 Å². The molecule has 1 aliphatic rings. The molecule has 0 saturated carbocycles. The summed E-state index contributed by atoms with van der Waals surface area (Å²) in [6.07, 6.45) is 5.12. The zero-order valence-electron chi connectivity index (χ0n) is 21.2. The van der Waals surface area contributed by atoms with Crippen LogP contribution in [0.2, 0.25) is 0 Å². The maximum Gasteiger partial charge on any atom is 0.0635 e. The fraction of sp³-hybridized carbons (Fsp3) is 0.303. The van der Waals surface area contributed by atoms with Gasteiger partial charge in [-0.15, -0.1) is 0 Å². The zero-order valence-corrected chi connectivity index (χ0v) is 21.2. The van der Waals surface area contributed by atoms with Gasteiger partial charge >= 0.3 is 0 Å². The van der Waals surface area contributed by atoms with Gasteiger partial charge in [0.05, 0.1) is 17.7 Å². The third kappa shape index (κ3) is 4.86. The first-order chi connectivity index (χ1) is 17.8. The summed E-state index contributed by atoms with van der Waals surface area (Å²) in [5.41, 5.74) is 4.91. The van der Waals surface area contributed by atoms with Gasteiger partial charge in [-0.3, -0.25) is 4.98 Å². The van der Waals surface area contributed by atoms with Crippen molar-refractivity contribution in [2.75, 3.05) is 33.4 Å². The second kappa shape index (κ2) is 11.2. The summed E-state index contributed by atoms with van der Waals surface area (Å²) >= 11 is 0. The predicted octanol–water partition coefficient (Wildman–Crippen LogP) is 6.49. The first-order valence-electron chi connectivity index (χ1n) is 13.1. The van der Waals surface area contributed by atoms with Crippen molar-refractivity contribution in [1.29, 1.82) is 0 Å². The van der Waals surface area contributed by atoms with Crippen LogP contribution in [0.1, 0.15) is 41.6 Å². The molecule has 0 N–H and O–H groups in total. The summed E-state index contributed by atoms with van der Waals surface area (Å²) in [6, 6.07) is 39.1. The maximum atomic E-state index is 5.74. The summed E-state index contributed by atoms with van der Waals surface area (Å²) in [6.45, 7) is 3.93. The molecule has 1 fully saturated rings. The largest absolute Gasteiger partial charge is 0.384 e. The Bertz CT molecular complexity index is 1090. The highest BCUT2D eigenvalue weighted by Crippen LogP contribution is 2.42. The number of methoxy groups -OCH3 is 1. The number of ether oxygens (including phenoxy) is 1. The molecule has 1 aliphatic heterocycles. The van der Waals surface area contributed by atoms with Crippen LogP contribution in [0.5, 0.6) is 0 Å². The van der Waals surface area contributed by atoms with E-state index in [0.29, 0.717) is 0 Å². The lowest BCUT2D eigenvalue weighted by Crippen LogP contribution is -2.46. The van der Waals surface area contributed by atoms with Crippen molar-refractivity contribution in [3.63, 3.8) is 0 Å². The second-order valence-electron chi connectivity index (χ2n) is 10.0. The monoisotopic (exact) mass is 476 g/mol. The number of aromatic nitrogens is 1. The van der Waals surface area contributed by atoms with Gasteiger partial charge in [0.1, 0.15) is 0 Å². The van der Waals surface area contributed by atoms with Crippen LogP contribution in [0.4, 0.5) is 0 Å². The molecule has 0 unspecified atom stereocenters. The number of likely N-dealkylation sites (tertiary alicyclic amines) is 1. The van der Waals surface area contributed by atoms with Crippen molar-refractivity contribution >= 4 is 0 Å². The van der Waals surface area contributed by atoms with Gasteiger partial charge in [-0.1, -0.05) is 97.1 Å². The van der Waals surface area contributed by atoms with E-state index < -0.39 is 0 Å². The molecule has 184 valence electrons. The van der Waals surface area contributed by atoms with Gasteiger partial charge in [-0.05, 0) is 67.7 Å². The average molecular weight is 477 g/mol. The summed E-state index contributed by atoms with van der Waals surface area (Å²) in [4.78, 5) is 7.56. The molecule has 3 nitrogen and oxygen atoms in total. The Hall–Kier alpha value is -3.27. The number of nitrogens with zero attached hydrogens (tertiary/aromatic N) is 2. The SMILES string of the molecule is COCC1(c2ccccc2)CCN(CCC(c2ccccc2)(c2ccccc2)c2ccccn2)CC1. The number of piperidine rings is 1. The van der Waals surface area contributed by atoms with Crippen LogP contribution in [0.3, 0.4) is 0 Å². The number of rotatable bonds is 9. The Morgan fingerprint density at radius 2 is 1.31 bits per heavy atom. The van der Waals surface area contributed by atoms with E-state index in [2.05, 4.69) is 108 Å². The van der Waals surface area contributed by atoms with Gasteiger partial charge < -0.3 is 9.64 Å². The highest BCUT2D eigenvalue weighted by atomic mass is 16.5. The van der Waals surface area contributed by atoms with Crippen LogP contribution in [0.25, 0.3) is 0 Å². The molecule has 3 aromatic carbocycles. The molecule has 2 heterocycles. The molecule has 5 rings (SSSR count). The minimum absolute atomic E-state index is 0.101. The van der Waals surface area contributed by atoms with Crippen molar-refractivity contribution in [3.8, 4) is 0 Å². The van der Waals surface area contributed by atoms with Crippen LogP contribution in [-0.2, 0) is 15.6 Å². The Morgan fingerprint density at radius 3 is 1.83 bits per heavy atom. The molecule has 4 aromatic rings. The lowest BCUT2D eigenvalue weighted by atomic mass is 9.69. The van der Waals surface area contributed by atoms with Crippen molar-refractivity contribution in [3.05, 3.63) is 138 Å². The fourth-order valence-corrected chi connectivity index (χ4v) is 6.05. The molecule has 0 radical (unpaired) electrons. The number of hydrogen-bond donors (Lipinski definition) is 0. The molecule has 0 amide bonds.